The fraction of sp³-hybridized carbons (Fsp3) is 0.683. The Bertz CT molecular complexity index is 3750. The zero-order valence-electron chi connectivity index (χ0n) is 69.8. The normalized spacial score (nSPS) is 24.4. The number of carbonyl (C=O) groups excluding carboxylic acids is 11. The zero-order chi connectivity index (χ0) is 87.8. The summed E-state index contributed by atoms with van der Waals surface area (Å²) < 4.78 is 16.9. The van der Waals surface area contributed by atoms with E-state index in [4.69, 9.17) is 19.9 Å². The van der Waals surface area contributed by atoms with Crippen molar-refractivity contribution in [2.45, 2.75) is 219 Å². The third-order valence-corrected chi connectivity index (χ3v) is 25.1. The fourth-order valence-corrected chi connectivity index (χ4v) is 18.2. The van der Waals surface area contributed by atoms with E-state index in [0.717, 1.165) is 29.5 Å². The van der Waals surface area contributed by atoms with Crippen molar-refractivity contribution in [3.8, 4) is 0 Å². The van der Waals surface area contributed by atoms with Crippen molar-refractivity contribution >= 4 is 118 Å². The minimum Gasteiger partial charge on any atom is -0.480 e. The molecule has 13 atom stereocenters. The van der Waals surface area contributed by atoms with Crippen LogP contribution in [0.4, 0.5) is 0 Å². The maximum atomic E-state index is 14.9. The van der Waals surface area contributed by atoms with Gasteiger partial charge in [-0.15, -0.1) is 0 Å². The first kappa shape index (κ1) is 99.8. The second-order valence-electron chi connectivity index (χ2n) is 31.5. The molecular weight excluding hydrogens is 1630 g/mol. The molecule has 5 aliphatic rings. The monoisotopic (exact) mass is 1750 g/mol. The first-order chi connectivity index (χ1) is 58.0. The van der Waals surface area contributed by atoms with Crippen molar-refractivity contribution in [1.82, 2.24) is 67.0 Å². The first-order valence-corrected chi connectivity index (χ1v) is 45.5. The van der Waals surface area contributed by atoms with Gasteiger partial charge in [0.25, 0.3) is 0 Å². The standard InChI is InChI=1S/C82H126N14O22S3/c1-4-5-7-21-70(103)87-61-50-120-48-57-41-56(47-119-40-29-86-69(102)25-24-68(101)85-28-15-35-117-37-39-118-38-36-116-34-14-27-84-67(100)20-10-11-26-82(92(3)46-71(104)105)52-93-32-33-94(53-82)73(81(114)115)65(98)45-93)42-58(43-57)49-121-51-62(80(112)113)90-75(107)60(44-55-16-8-6-9-17-55)89-74(106)59(22-23-66(83)99)88-77(109)72(54(2)97)91-76(108)63-18-12-30-95(63)79(111)64-19-13-31-96(64)78(61)110/h6,8-9,16-17,41-43,54,59-65,72-73,97-98H,4-5,7,10-15,18-40,44-53H2,1-3H3,(H2,83,99)(H,84,100)(H,85,101)(H,86,102)(H,87,103)(H,88,109)(H,89,106)(H,90,107)(H,91,108)(H,104,105)(H,112,113)(H,114,115)/t54-,59+,60+,61+,62?,63+,64+,65?,72+,73?,82?/m1/s1. The molecule has 2 aromatic rings. The van der Waals surface area contributed by atoms with Crippen LogP contribution in [0.3, 0.4) is 0 Å². The van der Waals surface area contributed by atoms with Crippen LogP contribution in [0.1, 0.15) is 152 Å². The van der Waals surface area contributed by atoms with Crippen LogP contribution in [0.15, 0.2) is 48.5 Å². The lowest BCUT2D eigenvalue weighted by atomic mass is 9.87. The van der Waals surface area contributed by atoms with E-state index in [1.165, 1.54) is 52.0 Å². The number of nitrogens with one attached hydrogen (secondary N) is 8. The van der Waals surface area contributed by atoms with Crippen molar-refractivity contribution < 1.29 is 107 Å². The number of benzene rings is 2. The summed E-state index contributed by atoms with van der Waals surface area (Å²) in [6, 6.07) is 3.95. The Morgan fingerprint density at radius 2 is 1.21 bits per heavy atom. The zero-order valence-corrected chi connectivity index (χ0v) is 72.3. The van der Waals surface area contributed by atoms with Gasteiger partial charge in [-0.2, -0.15) is 35.3 Å². The molecule has 5 heterocycles. The SMILES string of the molecule is CCCCCC(=O)N[C@H]1CSCc2cc(CSCCNC(=O)CCC(=O)NCCCOCCOCCOCCCNC(=O)CCCCC3(N(C)CC(=O)O)CN4CCN(C3)C(C(=O)O)C(O)C4)cc(c2)CSCC(C(=O)O)NC(=O)[C@H](Cc2ccccc2)NC(=O)[C@H](CCC(N)=O)NC(=O)[C@H]([C@@H](C)O)NC(=O)[C@@H]2CCCN2C(=O)[C@@H]2CCCN2C1=O. The van der Waals surface area contributed by atoms with Gasteiger partial charge in [-0.3, -0.25) is 77.0 Å². The number of thioether (sulfide) groups is 3. The van der Waals surface area contributed by atoms with Gasteiger partial charge >= 0.3 is 17.9 Å². The highest BCUT2D eigenvalue weighted by Crippen LogP contribution is 2.33. The lowest BCUT2D eigenvalue weighted by Crippen LogP contribution is -2.64. The van der Waals surface area contributed by atoms with Crippen LogP contribution in [-0.2, 0) is 105 Å². The highest BCUT2D eigenvalue weighted by molar-refractivity contribution is 7.99. The van der Waals surface area contributed by atoms with Gasteiger partial charge in [0.05, 0.1) is 45.2 Å². The first-order valence-electron chi connectivity index (χ1n) is 42.1. The summed E-state index contributed by atoms with van der Waals surface area (Å²) in [6.07, 6.45) is 3.14. The number of primary amides is 1. The number of carbonyl (C=O) groups is 14. The third kappa shape index (κ3) is 34.4. The highest BCUT2D eigenvalue weighted by Gasteiger charge is 2.49. The Labute approximate surface area is 719 Å². The number of carboxylic acid groups (broad SMARTS) is 3. The Hall–Kier alpha value is -8.25. The molecule has 0 aromatic heterocycles. The van der Waals surface area contributed by atoms with Gasteiger partial charge < -0.3 is 97.8 Å². The number of aliphatic hydroxyl groups is 2. The minimum atomic E-state index is -1.71. The number of aliphatic hydroxyl groups excluding tert-OH is 2. The molecule has 674 valence electrons. The van der Waals surface area contributed by atoms with Crippen LogP contribution >= 0.6 is 35.3 Å². The molecule has 0 spiro atoms. The number of rotatable bonds is 43. The molecule has 4 saturated heterocycles. The number of unbranched alkanes of at least 4 members (excludes halogenated alkanes) is 3. The predicted octanol–water partition coefficient (Wildman–Crippen LogP) is 0.0794. The van der Waals surface area contributed by atoms with Crippen molar-refractivity contribution in [2.75, 3.05) is 136 Å². The summed E-state index contributed by atoms with van der Waals surface area (Å²) in [4.78, 5) is 196. The van der Waals surface area contributed by atoms with Gasteiger partial charge in [0.15, 0.2) is 0 Å². The minimum absolute atomic E-state index is 0.0232. The van der Waals surface area contributed by atoms with E-state index >= 15 is 0 Å². The van der Waals surface area contributed by atoms with Gasteiger partial charge in [-0.05, 0) is 100 Å². The molecule has 7 rings (SSSR count). The largest absolute Gasteiger partial charge is 0.480 e. The topological polar surface area (TPSA) is 506 Å². The van der Waals surface area contributed by atoms with E-state index < -0.39 is 132 Å². The van der Waals surface area contributed by atoms with Gasteiger partial charge in [0, 0.05) is 157 Å². The van der Waals surface area contributed by atoms with E-state index in [2.05, 4.69) is 42.5 Å². The van der Waals surface area contributed by atoms with Crippen LogP contribution in [-0.4, -0.2) is 335 Å². The van der Waals surface area contributed by atoms with Crippen LogP contribution in [0.5, 0.6) is 0 Å². The molecular formula is C82H126N14O22S3. The number of fused-ring (bicyclic) bond motifs is 7. The molecule has 36 nitrogen and oxygen atoms in total. The van der Waals surface area contributed by atoms with E-state index in [9.17, 15) is 92.7 Å². The average molecular weight is 1760 g/mol. The maximum Gasteiger partial charge on any atom is 0.327 e. The van der Waals surface area contributed by atoms with E-state index in [1.54, 1.807) is 47.2 Å². The number of nitrogens with zero attached hydrogens (tertiary/aromatic N) is 5. The number of likely N-dealkylation sites (N-methyl/N-ethyl adjacent to an activating group) is 1. The summed E-state index contributed by atoms with van der Waals surface area (Å²) in [5.41, 5.74) is 7.91. The van der Waals surface area contributed by atoms with Crippen molar-refractivity contribution in [3.63, 3.8) is 0 Å². The number of aliphatic carboxylic acids is 3. The summed E-state index contributed by atoms with van der Waals surface area (Å²) >= 11 is 4.14. The predicted molar refractivity (Wildman–Crippen MR) is 453 cm³/mol. The van der Waals surface area contributed by atoms with Gasteiger partial charge in [-0.25, -0.2) is 4.79 Å². The molecule has 4 bridgehead atoms. The molecule has 6 unspecified atom stereocenters. The average Bonchev–Trinajstić information content (AvgIpc) is 1.70. The third-order valence-electron chi connectivity index (χ3n) is 21.8. The molecule has 39 heteroatoms. The lowest BCUT2D eigenvalue weighted by Gasteiger charge is -2.47. The highest BCUT2D eigenvalue weighted by atomic mass is 32.2. The number of hydrogen-bond acceptors (Lipinski definition) is 25. The fourth-order valence-electron chi connectivity index (χ4n) is 15.5. The van der Waals surface area contributed by atoms with Crippen molar-refractivity contribution in [2.24, 2.45) is 5.73 Å². The molecule has 2 aromatic carbocycles. The molecule has 11 amide bonds. The molecule has 0 aliphatic carbocycles. The molecule has 121 heavy (non-hydrogen) atoms. The maximum absolute atomic E-state index is 14.9. The van der Waals surface area contributed by atoms with Gasteiger partial charge in [0.1, 0.15) is 48.3 Å². The number of amides is 11. The van der Waals surface area contributed by atoms with E-state index in [-0.39, 0.29) is 125 Å². The summed E-state index contributed by atoms with van der Waals surface area (Å²) in [5.74, 6) is -8.48. The lowest BCUT2D eigenvalue weighted by molar-refractivity contribution is -0.151. The number of nitrogens with two attached hydrogens (primary N) is 1. The summed E-state index contributed by atoms with van der Waals surface area (Å²) in [6.45, 7) is 8.44. The second kappa shape index (κ2) is 53.0. The van der Waals surface area contributed by atoms with Crippen molar-refractivity contribution in [3.05, 3.63) is 70.8 Å². The Morgan fingerprint density at radius 1 is 0.628 bits per heavy atom. The van der Waals surface area contributed by atoms with Crippen LogP contribution in [0, 0.1) is 0 Å². The Balaban J connectivity index is 0.861. The molecule has 15 N–H and O–H groups in total. The molecule has 0 radical (unpaired) electrons. The quantitative estimate of drug-likeness (QED) is 0.0391. The summed E-state index contributed by atoms with van der Waals surface area (Å²) in [5, 5.41) is 73.7. The summed E-state index contributed by atoms with van der Waals surface area (Å²) in [7, 11) is 1.73. The molecule has 4 fully saturated rings. The molecule has 5 aliphatic heterocycles. The van der Waals surface area contributed by atoms with Crippen LogP contribution < -0.4 is 48.3 Å². The number of ether oxygens (including phenoxy) is 3. The number of carboxylic acids is 3. The smallest absolute Gasteiger partial charge is 0.327 e. The van der Waals surface area contributed by atoms with Crippen molar-refractivity contribution in [1.29, 1.82) is 0 Å². The van der Waals surface area contributed by atoms with Crippen LogP contribution in [0.2, 0.25) is 0 Å². The molecule has 0 saturated carbocycles. The van der Waals surface area contributed by atoms with E-state index in [1.807, 2.05) is 30.0 Å². The number of hydrogen-bond donors (Lipinski definition) is 14. The second-order valence-corrected chi connectivity index (χ2v) is 34.6. The van der Waals surface area contributed by atoms with E-state index in [0.29, 0.717) is 153 Å². The Kier molecular flexibility index (Phi) is 43.8. The van der Waals surface area contributed by atoms with Gasteiger partial charge in [0.2, 0.25) is 65.0 Å². The Morgan fingerprint density at radius 3 is 1.83 bits per heavy atom. The van der Waals surface area contributed by atoms with Gasteiger partial charge in [-0.1, -0.05) is 74.7 Å². The van der Waals surface area contributed by atoms with Crippen LogP contribution in [0.25, 0.3) is 0 Å².